The monoisotopic (exact) mass is 400 g/mol. The Kier molecular flexibility index (Phi) is 6.93. The molecular formula is C22H25ClN2O3. The number of carbonyl (C=O) groups is 2. The number of hydrogen-bond acceptors (Lipinski definition) is 4. The molecule has 6 heteroatoms. The van der Waals surface area contributed by atoms with E-state index in [2.05, 4.69) is 10.2 Å². The van der Waals surface area contributed by atoms with Crippen LogP contribution in [-0.2, 0) is 4.79 Å². The highest BCUT2D eigenvalue weighted by Crippen LogP contribution is 2.25. The summed E-state index contributed by atoms with van der Waals surface area (Å²) in [4.78, 5) is 27.0. The quantitative estimate of drug-likeness (QED) is 0.668. The SMILES string of the molecule is COc1ccc(Cl)cc1C(=O)CCC(=O)Nc1ccc(N2CCCCC2)cc1. The van der Waals surface area contributed by atoms with Crippen LogP contribution in [0.3, 0.4) is 0 Å². The van der Waals surface area contributed by atoms with Crippen LogP contribution in [0.4, 0.5) is 11.4 Å². The molecule has 2 aromatic rings. The van der Waals surface area contributed by atoms with Crippen molar-refractivity contribution < 1.29 is 14.3 Å². The molecule has 1 fully saturated rings. The normalized spacial score (nSPS) is 13.9. The van der Waals surface area contributed by atoms with Crippen LogP contribution >= 0.6 is 11.6 Å². The van der Waals surface area contributed by atoms with Crippen molar-refractivity contribution in [3.8, 4) is 5.75 Å². The van der Waals surface area contributed by atoms with Gasteiger partial charge in [-0.3, -0.25) is 9.59 Å². The minimum Gasteiger partial charge on any atom is -0.496 e. The number of benzene rings is 2. The molecule has 1 saturated heterocycles. The Hall–Kier alpha value is -2.53. The Balaban J connectivity index is 1.53. The summed E-state index contributed by atoms with van der Waals surface area (Å²) in [5.41, 5.74) is 2.31. The van der Waals surface area contributed by atoms with Gasteiger partial charge in [-0.2, -0.15) is 0 Å². The number of amides is 1. The highest BCUT2D eigenvalue weighted by Gasteiger charge is 2.15. The van der Waals surface area contributed by atoms with E-state index in [9.17, 15) is 9.59 Å². The summed E-state index contributed by atoms with van der Waals surface area (Å²) in [5, 5.41) is 3.31. The van der Waals surface area contributed by atoms with E-state index < -0.39 is 0 Å². The van der Waals surface area contributed by atoms with Gasteiger partial charge in [-0.25, -0.2) is 0 Å². The van der Waals surface area contributed by atoms with Gasteiger partial charge >= 0.3 is 0 Å². The van der Waals surface area contributed by atoms with Crippen molar-refractivity contribution in [2.24, 2.45) is 0 Å². The Morgan fingerprint density at radius 2 is 1.75 bits per heavy atom. The summed E-state index contributed by atoms with van der Waals surface area (Å²) >= 11 is 5.97. The molecule has 2 aromatic carbocycles. The van der Waals surface area contributed by atoms with Gasteiger partial charge < -0.3 is 15.0 Å². The van der Waals surface area contributed by atoms with E-state index in [1.54, 1.807) is 18.2 Å². The average molecular weight is 401 g/mol. The molecule has 148 valence electrons. The second-order valence-electron chi connectivity index (χ2n) is 6.91. The zero-order valence-electron chi connectivity index (χ0n) is 16.0. The molecule has 0 bridgehead atoms. The van der Waals surface area contributed by atoms with Crippen LogP contribution in [0.5, 0.6) is 5.75 Å². The number of ether oxygens (including phenoxy) is 1. The van der Waals surface area contributed by atoms with Gasteiger partial charge in [0.2, 0.25) is 5.91 Å². The fourth-order valence-corrected chi connectivity index (χ4v) is 3.56. The van der Waals surface area contributed by atoms with Crippen molar-refractivity contribution in [2.45, 2.75) is 32.1 Å². The highest BCUT2D eigenvalue weighted by molar-refractivity contribution is 6.31. The fraction of sp³-hybridized carbons (Fsp3) is 0.364. The minimum atomic E-state index is -0.194. The zero-order chi connectivity index (χ0) is 19.9. The summed E-state index contributed by atoms with van der Waals surface area (Å²) in [6.07, 6.45) is 3.94. The highest BCUT2D eigenvalue weighted by atomic mass is 35.5. The first-order chi connectivity index (χ1) is 13.6. The summed E-state index contributed by atoms with van der Waals surface area (Å²) in [5.74, 6) is 0.0955. The molecule has 0 atom stereocenters. The van der Waals surface area contributed by atoms with Crippen LogP contribution in [0.25, 0.3) is 0 Å². The van der Waals surface area contributed by atoms with Gasteiger partial charge in [-0.05, 0) is 61.7 Å². The Morgan fingerprint density at radius 3 is 2.43 bits per heavy atom. The summed E-state index contributed by atoms with van der Waals surface area (Å²) in [6, 6.07) is 12.8. The number of ketones is 1. The fourth-order valence-electron chi connectivity index (χ4n) is 3.39. The lowest BCUT2D eigenvalue weighted by molar-refractivity contribution is -0.116. The maximum Gasteiger partial charge on any atom is 0.224 e. The Morgan fingerprint density at radius 1 is 1.04 bits per heavy atom. The average Bonchev–Trinajstić information content (AvgIpc) is 2.73. The largest absolute Gasteiger partial charge is 0.496 e. The van der Waals surface area contributed by atoms with Crippen molar-refractivity contribution in [1.82, 2.24) is 0 Å². The summed E-state index contributed by atoms with van der Waals surface area (Å²) < 4.78 is 5.20. The molecule has 0 unspecified atom stereocenters. The standard InChI is InChI=1S/C22H25ClN2O3/c1-28-21-11-5-16(23)15-19(21)20(26)10-12-22(27)24-17-6-8-18(9-7-17)25-13-3-2-4-14-25/h5-9,11,15H,2-4,10,12-14H2,1H3,(H,24,27). The van der Waals surface area contributed by atoms with Gasteiger partial charge in [-0.1, -0.05) is 11.6 Å². The van der Waals surface area contributed by atoms with Crippen molar-refractivity contribution in [1.29, 1.82) is 0 Å². The van der Waals surface area contributed by atoms with Crippen molar-refractivity contribution >= 4 is 34.7 Å². The first kappa shape index (κ1) is 20.2. The van der Waals surface area contributed by atoms with Crippen LogP contribution in [0.2, 0.25) is 5.02 Å². The first-order valence-electron chi connectivity index (χ1n) is 9.58. The number of anilines is 2. The Labute approximate surface area is 170 Å². The molecule has 1 N–H and O–H groups in total. The third kappa shape index (κ3) is 5.26. The van der Waals surface area contributed by atoms with Gasteiger partial charge in [0.1, 0.15) is 5.75 Å². The van der Waals surface area contributed by atoms with Crippen LogP contribution < -0.4 is 15.0 Å². The molecule has 5 nitrogen and oxygen atoms in total. The molecule has 0 saturated carbocycles. The van der Waals surface area contributed by atoms with Gasteiger partial charge in [-0.15, -0.1) is 0 Å². The third-order valence-corrected chi connectivity index (χ3v) is 5.15. The number of piperidine rings is 1. The maximum atomic E-state index is 12.4. The molecule has 0 radical (unpaired) electrons. The lowest BCUT2D eigenvalue weighted by Crippen LogP contribution is -2.29. The van der Waals surface area contributed by atoms with E-state index in [1.807, 2.05) is 24.3 Å². The van der Waals surface area contributed by atoms with E-state index in [4.69, 9.17) is 16.3 Å². The van der Waals surface area contributed by atoms with E-state index in [-0.39, 0.29) is 24.5 Å². The number of Topliss-reactive ketones (excluding diaryl/α,β-unsaturated/α-hetero) is 1. The molecule has 0 aliphatic carbocycles. The molecular weight excluding hydrogens is 376 g/mol. The second kappa shape index (κ2) is 9.60. The topological polar surface area (TPSA) is 58.6 Å². The lowest BCUT2D eigenvalue weighted by Gasteiger charge is -2.28. The number of methoxy groups -OCH3 is 1. The number of hydrogen-bond donors (Lipinski definition) is 1. The summed E-state index contributed by atoms with van der Waals surface area (Å²) in [6.45, 7) is 2.17. The molecule has 0 spiro atoms. The van der Waals surface area contributed by atoms with Gasteiger partial charge in [0.25, 0.3) is 0 Å². The maximum absolute atomic E-state index is 12.4. The minimum absolute atomic E-state index is 0.0917. The van der Waals surface area contributed by atoms with E-state index in [0.29, 0.717) is 16.3 Å². The van der Waals surface area contributed by atoms with E-state index >= 15 is 0 Å². The van der Waals surface area contributed by atoms with Crippen molar-refractivity contribution in [3.05, 3.63) is 53.1 Å². The van der Waals surface area contributed by atoms with Crippen molar-refractivity contribution in [3.63, 3.8) is 0 Å². The molecule has 1 aliphatic rings. The Bertz CT molecular complexity index is 830. The second-order valence-corrected chi connectivity index (χ2v) is 7.35. The van der Waals surface area contributed by atoms with E-state index in [0.717, 1.165) is 18.8 Å². The molecule has 28 heavy (non-hydrogen) atoms. The third-order valence-electron chi connectivity index (χ3n) is 4.91. The van der Waals surface area contributed by atoms with Crippen molar-refractivity contribution in [2.75, 3.05) is 30.4 Å². The van der Waals surface area contributed by atoms with Gasteiger partial charge in [0, 0.05) is 42.3 Å². The molecule has 1 heterocycles. The smallest absolute Gasteiger partial charge is 0.224 e. The molecule has 1 aliphatic heterocycles. The number of halogens is 1. The van der Waals surface area contributed by atoms with Gasteiger partial charge in [0.15, 0.2) is 5.78 Å². The van der Waals surface area contributed by atoms with Gasteiger partial charge in [0.05, 0.1) is 12.7 Å². The lowest BCUT2D eigenvalue weighted by atomic mass is 10.1. The number of carbonyl (C=O) groups excluding carboxylic acids is 2. The van der Waals surface area contributed by atoms with Crippen LogP contribution in [0, 0.1) is 0 Å². The number of nitrogens with one attached hydrogen (secondary N) is 1. The number of rotatable bonds is 7. The molecule has 1 amide bonds. The molecule has 3 rings (SSSR count). The summed E-state index contributed by atoms with van der Waals surface area (Å²) in [7, 11) is 1.50. The van der Waals surface area contributed by atoms with Crippen LogP contribution in [0.1, 0.15) is 42.5 Å². The predicted molar refractivity (Wildman–Crippen MR) is 113 cm³/mol. The van der Waals surface area contributed by atoms with Crippen LogP contribution in [0.15, 0.2) is 42.5 Å². The van der Waals surface area contributed by atoms with E-state index in [1.165, 1.54) is 32.1 Å². The van der Waals surface area contributed by atoms with Crippen LogP contribution in [-0.4, -0.2) is 31.9 Å². The zero-order valence-corrected chi connectivity index (χ0v) is 16.8. The number of nitrogens with zero attached hydrogens (tertiary/aromatic N) is 1. The predicted octanol–water partition coefficient (Wildman–Crippen LogP) is 4.94. The first-order valence-corrected chi connectivity index (χ1v) is 9.96. The molecule has 0 aromatic heterocycles.